The van der Waals surface area contributed by atoms with Crippen molar-refractivity contribution in [3.05, 3.63) is 22.4 Å². The molecule has 0 aliphatic heterocycles. The van der Waals surface area contributed by atoms with Crippen LogP contribution >= 0.6 is 0 Å². The molecule has 0 saturated heterocycles. The Morgan fingerprint density at radius 3 is 2.88 bits per heavy atom. The van der Waals surface area contributed by atoms with Crippen LogP contribution in [0, 0.1) is 10.1 Å². The van der Waals surface area contributed by atoms with Gasteiger partial charge in [-0.1, -0.05) is 0 Å². The van der Waals surface area contributed by atoms with Gasteiger partial charge in [-0.25, -0.2) is 4.98 Å². The number of amides is 1. The number of nitrogens with zero attached hydrogens (tertiary/aromatic N) is 2. The molecular formula is C9H13N5O3. The summed E-state index contributed by atoms with van der Waals surface area (Å²) in [6.07, 6.45) is 1.38. The Balaban J connectivity index is 2.67. The topological polar surface area (TPSA) is 123 Å². The van der Waals surface area contributed by atoms with E-state index in [1.807, 2.05) is 0 Å². The molecule has 0 fully saturated rings. The normalized spacial score (nSPS) is 9.71. The summed E-state index contributed by atoms with van der Waals surface area (Å²) in [5, 5.41) is 16.1. The van der Waals surface area contributed by atoms with E-state index in [0.29, 0.717) is 13.1 Å². The number of hydrogen-bond acceptors (Lipinski definition) is 6. The molecule has 0 saturated carbocycles. The molecule has 1 rings (SSSR count). The van der Waals surface area contributed by atoms with Gasteiger partial charge in [0.2, 0.25) is 11.7 Å². The minimum atomic E-state index is -0.594. The second-order valence-corrected chi connectivity index (χ2v) is 3.26. The Labute approximate surface area is 97.4 Å². The van der Waals surface area contributed by atoms with Crippen molar-refractivity contribution in [1.82, 2.24) is 10.3 Å². The quantitative estimate of drug-likeness (QED) is 0.381. The first kappa shape index (κ1) is 12.7. The van der Waals surface area contributed by atoms with E-state index >= 15 is 0 Å². The van der Waals surface area contributed by atoms with Crippen molar-refractivity contribution < 1.29 is 9.72 Å². The van der Waals surface area contributed by atoms with E-state index < -0.39 is 4.92 Å². The van der Waals surface area contributed by atoms with Crippen molar-refractivity contribution in [2.24, 2.45) is 0 Å². The largest absolute Gasteiger partial charge is 0.378 e. The summed E-state index contributed by atoms with van der Waals surface area (Å²) in [4.78, 5) is 24.4. The van der Waals surface area contributed by atoms with Gasteiger partial charge in [0, 0.05) is 26.2 Å². The van der Waals surface area contributed by atoms with E-state index in [9.17, 15) is 14.9 Å². The Bertz CT molecular complexity index is 435. The lowest BCUT2D eigenvalue weighted by atomic mass is 10.3. The molecule has 0 radical (unpaired) electrons. The molecule has 1 heterocycles. The summed E-state index contributed by atoms with van der Waals surface area (Å²) >= 11 is 0. The zero-order valence-electron chi connectivity index (χ0n) is 9.27. The standard InChI is InChI=1S/C9H13N5O3/c1-6(15)11-4-5-12-7-2-3-13-9(10)8(7)14(16)17/h2-3H,4-5H2,1H3,(H,11,15)(H3,10,12,13). The van der Waals surface area contributed by atoms with Crippen LogP contribution in [0.4, 0.5) is 17.2 Å². The molecular weight excluding hydrogens is 226 g/mol. The third-order valence-corrected chi connectivity index (χ3v) is 1.95. The van der Waals surface area contributed by atoms with Crippen LogP contribution < -0.4 is 16.4 Å². The number of rotatable bonds is 5. The zero-order valence-corrected chi connectivity index (χ0v) is 9.27. The monoisotopic (exact) mass is 239 g/mol. The third-order valence-electron chi connectivity index (χ3n) is 1.95. The fourth-order valence-corrected chi connectivity index (χ4v) is 1.24. The van der Waals surface area contributed by atoms with Crippen LogP contribution in [0.5, 0.6) is 0 Å². The summed E-state index contributed by atoms with van der Waals surface area (Å²) in [6, 6.07) is 1.46. The predicted molar refractivity (Wildman–Crippen MR) is 62.5 cm³/mol. The minimum absolute atomic E-state index is 0.139. The maximum atomic E-state index is 10.8. The molecule has 8 heteroatoms. The van der Waals surface area contributed by atoms with Gasteiger partial charge < -0.3 is 16.4 Å². The first-order chi connectivity index (χ1) is 8.02. The highest BCUT2D eigenvalue weighted by atomic mass is 16.6. The van der Waals surface area contributed by atoms with Crippen LogP contribution in [-0.2, 0) is 4.79 Å². The molecule has 0 bridgehead atoms. The van der Waals surface area contributed by atoms with Crippen LogP contribution in [0.25, 0.3) is 0 Å². The van der Waals surface area contributed by atoms with E-state index in [0.717, 1.165) is 0 Å². The van der Waals surface area contributed by atoms with E-state index in [1.165, 1.54) is 19.2 Å². The van der Waals surface area contributed by atoms with Crippen LogP contribution in [0.3, 0.4) is 0 Å². The lowest BCUT2D eigenvalue weighted by Gasteiger charge is -2.07. The Hall–Kier alpha value is -2.38. The average molecular weight is 239 g/mol. The van der Waals surface area contributed by atoms with Crippen molar-refractivity contribution >= 4 is 23.1 Å². The van der Waals surface area contributed by atoms with Crippen molar-refractivity contribution in [3.63, 3.8) is 0 Å². The molecule has 0 unspecified atom stereocenters. The molecule has 17 heavy (non-hydrogen) atoms. The first-order valence-electron chi connectivity index (χ1n) is 4.89. The summed E-state index contributed by atoms with van der Waals surface area (Å²) < 4.78 is 0. The van der Waals surface area contributed by atoms with Gasteiger partial charge in [-0.2, -0.15) is 0 Å². The molecule has 1 amide bonds. The SMILES string of the molecule is CC(=O)NCCNc1ccnc(N)c1[N+](=O)[O-]. The number of nitrogens with two attached hydrogens (primary N) is 1. The van der Waals surface area contributed by atoms with Gasteiger partial charge >= 0.3 is 5.69 Å². The Morgan fingerprint density at radius 2 is 2.29 bits per heavy atom. The number of nitrogen functional groups attached to an aromatic ring is 1. The average Bonchev–Trinajstić information content (AvgIpc) is 2.23. The van der Waals surface area contributed by atoms with Crippen molar-refractivity contribution in [3.8, 4) is 0 Å². The smallest absolute Gasteiger partial charge is 0.333 e. The van der Waals surface area contributed by atoms with Crippen molar-refractivity contribution in [1.29, 1.82) is 0 Å². The molecule has 0 aliphatic rings. The van der Waals surface area contributed by atoms with Crippen molar-refractivity contribution in [2.45, 2.75) is 6.92 Å². The lowest BCUT2D eigenvalue weighted by Crippen LogP contribution is -2.26. The van der Waals surface area contributed by atoms with E-state index in [1.54, 1.807) is 0 Å². The minimum Gasteiger partial charge on any atom is -0.378 e. The Kier molecular flexibility index (Phi) is 4.21. The number of nitrogens with one attached hydrogen (secondary N) is 2. The second-order valence-electron chi connectivity index (χ2n) is 3.26. The highest BCUT2D eigenvalue weighted by Crippen LogP contribution is 2.27. The van der Waals surface area contributed by atoms with Crippen LogP contribution in [0.2, 0.25) is 0 Å². The molecule has 0 atom stereocenters. The van der Waals surface area contributed by atoms with Crippen LogP contribution in [0.1, 0.15) is 6.92 Å². The summed E-state index contributed by atoms with van der Waals surface area (Å²) in [5.41, 5.74) is 5.44. The molecule has 0 aromatic carbocycles. The van der Waals surface area contributed by atoms with Crippen LogP contribution in [-0.4, -0.2) is 28.9 Å². The van der Waals surface area contributed by atoms with Crippen LogP contribution in [0.15, 0.2) is 12.3 Å². The lowest BCUT2D eigenvalue weighted by molar-refractivity contribution is -0.383. The first-order valence-corrected chi connectivity index (χ1v) is 4.89. The predicted octanol–water partition coefficient (Wildman–Crippen LogP) is 0.120. The molecule has 4 N–H and O–H groups in total. The summed E-state index contributed by atoms with van der Waals surface area (Å²) in [7, 11) is 0. The highest BCUT2D eigenvalue weighted by Gasteiger charge is 2.18. The number of pyridine rings is 1. The molecule has 1 aromatic rings. The number of aromatic nitrogens is 1. The maximum absolute atomic E-state index is 10.8. The van der Waals surface area contributed by atoms with E-state index in [4.69, 9.17) is 5.73 Å². The zero-order chi connectivity index (χ0) is 12.8. The third kappa shape index (κ3) is 3.59. The molecule has 92 valence electrons. The van der Waals surface area contributed by atoms with E-state index in [2.05, 4.69) is 15.6 Å². The number of carbonyl (C=O) groups is 1. The molecule has 0 spiro atoms. The van der Waals surface area contributed by atoms with Gasteiger partial charge in [-0.3, -0.25) is 14.9 Å². The number of anilines is 2. The number of nitro groups is 1. The number of carbonyl (C=O) groups excluding carboxylic acids is 1. The summed E-state index contributed by atoms with van der Waals surface area (Å²) in [5.74, 6) is -0.296. The molecule has 0 aliphatic carbocycles. The van der Waals surface area contributed by atoms with Gasteiger partial charge in [0.15, 0.2) is 0 Å². The van der Waals surface area contributed by atoms with Gasteiger partial charge in [-0.05, 0) is 6.07 Å². The Morgan fingerprint density at radius 1 is 1.59 bits per heavy atom. The molecule has 1 aromatic heterocycles. The number of hydrogen-bond donors (Lipinski definition) is 3. The van der Waals surface area contributed by atoms with Crippen molar-refractivity contribution in [2.75, 3.05) is 24.1 Å². The van der Waals surface area contributed by atoms with Gasteiger partial charge in [0.25, 0.3) is 0 Å². The van der Waals surface area contributed by atoms with Gasteiger partial charge in [-0.15, -0.1) is 0 Å². The highest BCUT2D eigenvalue weighted by molar-refractivity contribution is 5.73. The van der Waals surface area contributed by atoms with Gasteiger partial charge in [0.1, 0.15) is 5.69 Å². The molecule has 8 nitrogen and oxygen atoms in total. The van der Waals surface area contributed by atoms with E-state index in [-0.39, 0.29) is 23.1 Å². The maximum Gasteiger partial charge on any atom is 0.333 e. The fraction of sp³-hybridized carbons (Fsp3) is 0.333. The van der Waals surface area contributed by atoms with Gasteiger partial charge in [0.05, 0.1) is 4.92 Å². The second kappa shape index (κ2) is 5.64. The summed E-state index contributed by atoms with van der Waals surface area (Å²) in [6.45, 7) is 2.13. The fourth-order valence-electron chi connectivity index (χ4n) is 1.24.